The number of rotatable bonds is 5. The maximum atomic E-state index is 17.2. The third kappa shape index (κ3) is 3.99. The molecule has 5 rings (SSSR count). The van der Waals surface area contributed by atoms with Crippen LogP contribution in [0, 0.1) is 0 Å². The third-order valence-corrected chi connectivity index (χ3v) is 6.63. The number of hydrogen-bond donors (Lipinski definition) is 1. The molecule has 160 valence electrons. The minimum Gasteiger partial charge on any atom is -0.310 e. The van der Waals surface area contributed by atoms with Crippen LogP contribution < -0.4 is 5.32 Å². The van der Waals surface area contributed by atoms with Gasteiger partial charge in [-0.25, -0.2) is 4.39 Å². The second-order valence-corrected chi connectivity index (χ2v) is 8.59. The summed E-state index contributed by atoms with van der Waals surface area (Å²) in [5, 5.41) is 3.44. The van der Waals surface area contributed by atoms with Crippen molar-refractivity contribution in [3.05, 3.63) is 126 Å². The maximum Gasteiger partial charge on any atom is 0.172 e. The lowest BCUT2D eigenvalue weighted by molar-refractivity contribution is 0.155. The normalized spacial score (nSPS) is 20.2. The topological polar surface area (TPSA) is 12.0 Å². The molecule has 2 atom stereocenters. The molecule has 0 spiro atoms. The van der Waals surface area contributed by atoms with Gasteiger partial charge in [-0.2, -0.15) is 0 Å². The molecule has 1 aliphatic heterocycles. The van der Waals surface area contributed by atoms with Crippen LogP contribution in [0.25, 0.3) is 16.7 Å². The van der Waals surface area contributed by atoms with Gasteiger partial charge in [0, 0.05) is 6.04 Å². The lowest BCUT2D eigenvalue weighted by Crippen LogP contribution is -2.43. The standard InChI is InChI=1S/C30H28FN/c31-30(29-15-8-22-32-29,28-20-17-26(18-21-28)24-11-5-2-6-12-24)27-14-7-13-25(16-19-27)23-9-3-1-4-10-23/h1-7,9-13,16-21,29,32H,8,14-15,22H2/t29-,30?/m0/s1. The molecule has 3 aromatic carbocycles. The van der Waals surface area contributed by atoms with E-state index >= 15 is 4.39 Å². The molecule has 0 bridgehead atoms. The summed E-state index contributed by atoms with van der Waals surface area (Å²) in [4.78, 5) is 0. The Kier molecular flexibility index (Phi) is 5.87. The number of benzene rings is 3. The first kappa shape index (κ1) is 20.7. The van der Waals surface area contributed by atoms with Crippen molar-refractivity contribution < 1.29 is 4.39 Å². The Hall–Kier alpha value is -3.23. The fourth-order valence-corrected chi connectivity index (χ4v) is 4.89. The molecule has 2 heteroatoms. The number of halogens is 1. The van der Waals surface area contributed by atoms with Gasteiger partial charge in [-0.05, 0) is 59.2 Å². The molecule has 0 radical (unpaired) electrons. The first-order valence-corrected chi connectivity index (χ1v) is 11.5. The van der Waals surface area contributed by atoms with Gasteiger partial charge in [0.1, 0.15) is 0 Å². The van der Waals surface area contributed by atoms with Crippen molar-refractivity contribution in [2.45, 2.75) is 31.0 Å². The molecule has 1 aliphatic carbocycles. The van der Waals surface area contributed by atoms with Crippen LogP contribution in [0.5, 0.6) is 0 Å². The van der Waals surface area contributed by atoms with Crippen LogP contribution in [0.4, 0.5) is 4.39 Å². The zero-order chi connectivity index (χ0) is 21.8. The number of alkyl halides is 1. The minimum absolute atomic E-state index is 0.212. The highest BCUT2D eigenvalue weighted by Gasteiger charge is 2.44. The van der Waals surface area contributed by atoms with Gasteiger partial charge >= 0.3 is 0 Å². The van der Waals surface area contributed by atoms with E-state index in [9.17, 15) is 0 Å². The second-order valence-electron chi connectivity index (χ2n) is 8.59. The molecule has 2 aliphatic rings. The van der Waals surface area contributed by atoms with E-state index in [-0.39, 0.29) is 6.04 Å². The van der Waals surface area contributed by atoms with Crippen molar-refractivity contribution in [1.29, 1.82) is 0 Å². The highest BCUT2D eigenvalue weighted by Crippen LogP contribution is 2.43. The molecule has 1 N–H and O–H groups in total. The van der Waals surface area contributed by atoms with Crippen LogP contribution in [0.1, 0.15) is 30.4 Å². The summed E-state index contributed by atoms with van der Waals surface area (Å²) in [6, 6.07) is 28.4. The molecule has 0 aromatic heterocycles. The van der Waals surface area contributed by atoms with Crippen LogP contribution in [0.3, 0.4) is 0 Å². The zero-order valence-corrected chi connectivity index (χ0v) is 18.2. The fourth-order valence-electron chi connectivity index (χ4n) is 4.89. The third-order valence-electron chi connectivity index (χ3n) is 6.63. The van der Waals surface area contributed by atoms with Gasteiger partial charge in [0.05, 0.1) is 0 Å². The minimum atomic E-state index is -1.54. The van der Waals surface area contributed by atoms with Crippen LogP contribution >= 0.6 is 0 Å². The number of hydrogen-bond acceptors (Lipinski definition) is 1. The average molecular weight is 422 g/mol. The van der Waals surface area contributed by atoms with E-state index < -0.39 is 5.67 Å². The Bertz CT molecular complexity index is 1140. The van der Waals surface area contributed by atoms with E-state index in [4.69, 9.17) is 0 Å². The van der Waals surface area contributed by atoms with Gasteiger partial charge in [0.15, 0.2) is 5.67 Å². The van der Waals surface area contributed by atoms with Crippen molar-refractivity contribution >= 4 is 5.57 Å². The van der Waals surface area contributed by atoms with Gasteiger partial charge in [-0.15, -0.1) is 0 Å². The van der Waals surface area contributed by atoms with E-state index in [1.54, 1.807) is 0 Å². The van der Waals surface area contributed by atoms with Crippen LogP contribution in [-0.4, -0.2) is 12.6 Å². The van der Waals surface area contributed by atoms with Crippen molar-refractivity contribution in [1.82, 2.24) is 5.32 Å². The quantitative estimate of drug-likeness (QED) is 0.458. The summed E-state index contributed by atoms with van der Waals surface area (Å²) in [5.41, 5.74) is 4.52. The SMILES string of the molecule is FC(C1=CC=C(c2ccccc2)C=CC1)(c1ccc(-c2ccccc2)cc1)[C@@H]1CCCN1. The van der Waals surface area contributed by atoms with Crippen LogP contribution in [0.2, 0.25) is 0 Å². The zero-order valence-electron chi connectivity index (χ0n) is 18.2. The largest absolute Gasteiger partial charge is 0.310 e. The molecule has 1 nitrogen and oxygen atoms in total. The summed E-state index contributed by atoms with van der Waals surface area (Å²) < 4.78 is 17.2. The predicted octanol–water partition coefficient (Wildman–Crippen LogP) is 7.24. The molecular formula is C30H28FN. The van der Waals surface area contributed by atoms with E-state index in [1.807, 2.05) is 66.7 Å². The molecule has 1 saturated heterocycles. The smallest absolute Gasteiger partial charge is 0.172 e. The first-order valence-electron chi connectivity index (χ1n) is 11.5. The fraction of sp³-hybridized carbons (Fsp3) is 0.200. The monoisotopic (exact) mass is 421 g/mol. The molecule has 1 fully saturated rings. The molecule has 3 aromatic rings. The number of nitrogens with one attached hydrogen (secondary N) is 1. The van der Waals surface area contributed by atoms with Crippen molar-refractivity contribution in [2.24, 2.45) is 0 Å². The summed E-state index contributed by atoms with van der Waals surface area (Å²) in [5.74, 6) is 0. The summed E-state index contributed by atoms with van der Waals surface area (Å²) >= 11 is 0. The van der Waals surface area contributed by atoms with Gasteiger partial charge in [-0.1, -0.05) is 109 Å². The highest BCUT2D eigenvalue weighted by atomic mass is 19.1. The van der Waals surface area contributed by atoms with Crippen molar-refractivity contribution in [3.63, 3.8) is 0 Å². The van der Waals surface area contributed by atoms with Gasteiger partial charge in [-0.3, -0.25) is 0 Å². The highest BCUT2D eigenvalue weighted by molar-refractivity contribution is 5.76. The molecular weight excluding hydrogens is 393 g/mol. The van der Waals surface area contributed by atoms with E-state index in [2.05, 4.69) is 47.8 Å². The van der Waals surface area contributed by atoms with Gasteiger partial charge in [0.2, 0.25) is 0 Å². The number of allylic oxidation sites excluding steroid dienone is 5. The lowest BCUT2D eigenvalue weighted by Gasteiger charge is -2.34. The van der Waals surface area contributed by atoms with Gasteiger partial charge < -0.3 is 5.32 Å². The molecule has 1 unspecified atom stereocenters. The average Bonchev–Trinajstić information content (AvgIpc) is 3.30. The van der Waals surface area contributed by atoms with Crippen molar-refractivity contribution in [3.8, 4) is 11.1 Å². The molecule has 32 heavy (non-hydrogen) atoms. The Morgan fingerprint density at radius 2 is 1.41 bits per heavy atom. The first-order chi connectivity index (χ1) is 15.7. The van der Waals surface area contributed by atoms with Gasteiger partial charge in [0.25, 0.3) is 0 Å². The van der Waals surface area contributed by atoms with Crippen molar-refractivity contribution in [2.75, 3.05) is 6.54 Å². The Balaban J connectivity index is 1.53. The maximum absolute atomic E-state index is 17.2. The molecule has 0 amide bonds. The summed E-state index contributed by atoms with van der Waals surface area (Å²) in [6.45, 7) is 0.868. The Labute approximate surface area is 190 Å². The predicted molar refractivity (Wildman–Crippen MR) is 132 cm³/mol. The summed E-state index contributed by atoms with van der Waals surface area (Å²) in [7, 11) is 0. The van der Waals surface area contributed by atoms with Crippen LogP contribution in [0.15, 0.2) is 115 Å². The molecule has 1 heterocycles. The van der Waals surface area contributed by atoms with E-state index in [1.165, 1.54) is 0 Å². The lowest BCUT2D eigenvalue weighted by atomic mass is 9.79. The van der Waals surface area contributed by atoms with E-state index in [0.717, 1.165) is 52.8 Å². The second kappa shape index (κ2) is 9.10. The van der Waals surface area contributed by atoms with Crippen LogP contribution in [-0.2, 0) is 5.67 Å². The summed E-state index contributed by atoms with van der Waals surface area (Å²) in [6.07, 6.45) is 10.7. The Morgan fingerprint density at radius 1 is 0.750 bits per heavy atom. The Morgan fingerprint density at radius 3 is 2.06 bits per heavy atom. The molecule has 0 saturated carbocycles. The van der Waals surface area contributed by atoms with E-state index in [0.29, 0.717) is 6.42 Å².